The molecule has 0 amide bonds. The molecule has 4 heteroatoms. The van der Waals surface area contributed by atoms with Gasteiger partial charge in [-0.25, -0.2) is 9.79 Å². The van der Waals surface area contributed by atoms with E-state index in [0.717, 1.165) is 0 Å². The van der Waals surface area contributed by atoms with Crippen molar-refractivity contribution in [1.82, 2.24) is 4.98 Å². The minimum absolute atomic E-state index is 0.311. The summed E-state index contributed by atoms with van der Waals surface area (Å²) in [6.07, 6.45) is 3.90. The lowest BCUT2D eigenvalue weighted by Gasteiger charge is -1.91. The molecule has 0 unspecified atom stereocenters. The Morgan fingerprint density at radius 2 is 2.33 bits per heavy atom. The highest BCUT2D eigenvalue weighted by atomic mass is 16.6. The standard InChI is InChI=1S/C11H10N2O2/c1-2-10-13-9(11(14)15-10)7-8-5-3-4-6-12-8/h3-7H,2H2,1H3/b9-7+. The first-order valence-corrected chi connectivity index (χ1v) is 4.72. The van der Waals surface area contributed by atoms with Gasteiger partial charge in [0.05, 0.1) is 5.69 Å². The molecular formula is C11H10N2O2. The molecule has 0 atom stereocenters. The fourth-order valence-corrected chi connectivity index (χ4v) is 1.21. The number of nitrogens with zero attached hydrogens (tertiary/aromatic N) is 2. The van der Waals surface area contributed by atoms with E-state index >= 15 is 0 Å². The normalized spacial score (nSPS) is 17.8. The number of pyridine rings is 1. The average Bonchev–Trinajstić information content (AvgIpc) is 2.61. The molecule has 0 N–H and O–H groups in total. The molecule has 0 fully saturated rings. The number of aromatic nitrogens is 1. The van der Waals surface area contributed by atoms with E-state index < -0.39 is 5.97 Å². The van der Waals surface area contributed by atoms with Crippen LogP contribution in [-0.2, 0) is 9.53 Å². The number of carbonyl (C=O) groups is 1. The predicted molar refractivity (Wildman–Crippen MR) is 56.0 cm³/mol. The topological polar surface area (TPSA) is 51.5 Å². The van der Waals surface area contributed by atoms with Gasteiger partial charge in [0.25, 0.3) is 0 Å². The summed E-state index contributed by atoms with van der Waals surface area (Å²) >= 11 is 0. The van der Waals surface area contributed by atoms with Gasteiger partial charge in [0.15, 0.2) is 11.6 Å². The summed E-state index contributed by atoms with van der Waals surface area (Å²) in [6, 6.07) is 5.47. The quantitative estimate of drug-likeness (QED) is 0.542. The summed E-state index contributed by atoms with van der Waals surface area (Å²) in [5, 5.41) is 0. The number of cyclic esters (lactones) is 1. The lowest BCUT2D eigenvalue weighted by Crippen LogP contribution is -2.02. The first-order chi connectivity index (χ1) is 7.29. The maximum Gasteiger partial charge on any atom is 0.363 e. The van der Waals surface area contributed by atoms with Gasteiger partial charge < -0.3 is 4.74 Å². The average molecular weight is 202 g/mol. The van der Waals surface area contributed by atoms with Crippen LogP contribution in [0.25, 0.3) is 6.08 Å². The summed E-state index contributed by atoms with van der Waals surface area (Å²) < 4.78 is 4.91. The first kappa shape index (κ1) is 9.58. The van der Waals surface area contributed by atoms with Crippen LogP contribution >= 0.6 is 0 Å². The Bertz CT molecular complexity index is 435. The van der Waals surface area contributed by atoms with Gasteiger partial charge in [0.2, 0.25) is 0 Å². The number of esters is 1. The van der Waals surface area contributed by atoms with Crippen molar-refractivity contribution < 1.29 is 9.53 Å². The molecule has 76 valence electrons. The Kier molecular flexibility index (Phi) is 2.58. The zero-order valence-corrected chi connectivity index (χ0v) is 8.30. The highest BCUT2D eigenvalue weighted by Gasteiger charge is 2.21. The van der Waals surface area contributed by atoms with Crippen LogP contribution in [0, 0.1) is 0 Å². The third kappa shape index (κ3) is 2.10. The lowest BCUT2D eigenvalue weighted by molar-refractivity contribution is -0.130. The van der Waals surface area contributed by atoms with Crippen LogP contribution in [0.15, 0.2) is 35.1 Å². The Hall–Kier alpha value is -1.97. The minimum atomic E-state index is -0.405. The molecular weight excluding hydrogens is 192 g/mol. The van der Waals surface area contributed by atoms with Crippen molar-refractivity contribution in [1.29, 1.82) is 0 Å². The second-order valence-corrected chi connectivity index (χ2v) is 3.03. The van der Waals surface area contributed by atoms with E-state index in [4.69, 9.17) is 4.74 Å². The highest BCUT2D eigenvalue weighted by Crippen LogP contribution is 2.15. The molecule has 0 spiro atoms. The Balaban J connectivity index is 2.28. The van der Waals surface area contributed by atoms with E-state index in [1.807, 2.05) is 19.1 Å². The number of carbonyl (C=O) groups excluding carboxylic acids is 1. The van der Waals surface area contributed by atoms with Crippen LogP contribution in [0.5, 0.6) is 0 Å². The van der Waals surface area contributed by atoms with Crippen molar-refractivity contribution in [2.45, 2.75) is 13.3 Å². The number of ether oxygens (including phenoxy) is 1. The molecule has 1 aliphatic heterocycles. The van der Waals surface area contributed by atoms with Gasteiger partial charge in [-0.2, -0.15) is 0 Å². The molecule has 4 nitrogen and oxygen atoms in total. The van der Waals surface area contributed by atoms with E-state index in [2.05, 4.69) is 9.98 Å². The fourth-order valence-electron chi connectivity index (χ4n) is 1.21. The molecule has 0 radical (unpaired) electrons. The molecule has 2 heterocycles. The summed E-state index contributed by atoms with van der Waals surface area (Å²) in [5.41, 5.74) is 1.01. The van der Waals surface area contributed by atoms with E-state index in [-0.39, 0.29) is 0 Å². The van der Waals surface area contributed by atoms with Crippen LogP contribution in [0.4, 0.5) is 0 Å². The van der Waals surface area contributed by atoms with E-state index in [1.165, 1.54) is 0 Å². The second-order valence-electron chi connectivity index (χ2n) is 3.03. The second kappa shape index (κ2) is 4.04. The van der Waals surface area contributed by atoms with Gasteiger partial charge in [-0.1, -0.05) is 13.0 Å². The molecule has 1 aliphatic rings. The molecule has 0 bridgehead atoms. The molecule has 15 heavy (non-hydrogen) atoms. The van der Waals surface area contributed by atoms with E-state index in [9.17, 15) is 4.79 Å². The van der Waals surface area contributed by atoms with Crippen LogP contribution in [-0.4, -0.2) is 16.9 Å². The molecule has 0 aliphatic carbocycles. The van der Waals surface area contributed by atoms with Crippen LogP contribution in [0.1, 0.15) is 19.0 Å². The SMILES string of the molecule is CCC1=N/C(=C/c2ccccn2)C(=O)O1. The van der Waals surface area contributed by atoms with Crippen molar-refractivity contribution >= 4 is 17.9 Å². The van der Waals surface area contributed by atoms with Crippen LogP contribution in [0.3, 0.4) is 0 Å². The zero-order chi connectivity index (χ0) is 10.7. The zero-order valence-electron chi connectivity index (χ0n) is 8.30. The summed E-state index contributed by atoms with van der Waals surface area (Å²) in [4.78, 5) is 19.4. The molecule has 1 aromatic rings. The van der Waals surface area contributed by atoms with Crippen molar-refractivity contribution in [3.8, 4) is 0 Å². The predicted octanol–water partition coefficient (Wildman–Crippen LogP) is 1.79. The van der Waals surface area contributed by atoms with Gasteiger partial charge in [-0.3, -0.25) is 4.98 Å². The summed E-state index contributed by atoms with van der Waals surface area (Å²) in [5.74, 6) is 0.0553. The minimum Gasteiger partial charge on any atom is -0.407 e. The number of rotatable bonds is 2. The lowest BCUT2D eigenvalue weighted by atomic mass is 10.3. The number of aliphatic imine (C=N–C) groups is 1. The van der Waals surface area contributed by atoms with Gasteiger partial charge in [0.1, 0.15) is 0 Å². The van der Waals surface area contributed by atoms with E-state index in [1.54, 1.807) is 18.3 Å². The van der Waals surface area contributed by atoms with Gasteiger partial charge in [-0.15, -0.1) is 0 Å². The third-order valence-electron chi connectivity index (χ3n) is 1.94. The van der Waals surface area contributed by atoms with Crippen LogP contribution < -0.4 is 0 Å². The third-order valence-corrected chi connectivity index (χ3v) is 1.94. The van der Waals surface area contributed by atoms with Crippen molar-refractivity contribution in [2.24, 2.45) is 4.99 Å². The number of hydrogen-bond acceptors (Lipinski definition) is 4. The van der Waals surface area contributed by atoms with Gasteiger partial charge in [0, 0.05) is 12.6 Å². The smallest absolute Gasteiger partial charge is 0.363 e. The monoisotopic (exact) mass is 202 g/mol. The van der Waals surface area contributed by atoms with Crippen molar-refractivity contribution in [3.05, 3.63) is 35.8 Å². The van der Waals surface area contributed by atoms with Crippen LogP contribution in [0.2, 0.25) is 0 Å². The molecule has 0 saturated carbocycles. The molecule has 2 rings (SSSR count). The summed E-state index contributed by atoms with van der Waals surface area (Å²) in [6.45, 7) is 1.88. The maximum atomic E-state index is 11.3. The number of hydrogen-bond donors (Lipinski definition) is 0. The molecule has 0 aromatic carbocycles. The molecule has 1 aromatic heterocycles. The van der Waals surface area contributed by atoms with Gasteiger partial charge >= 0.3 is 5.97 Å². The maximum absolute atomic E-state index is 11.3. The molecule has 0 saturated heterocycles. The Morgan fingerprint density at radius 1 is 1.47 bits per heavy atom. The van der Waals surface area contributed by atoms with Gasteiger partial charge in [-0.05, 0) is 18.2 Å². The largest absolute Gasteiger partial charge is 0.407 e. The van der Waals surface area contributed by atoms with Crippen molar-refractivity contribution in [2.75, 3.05) is 0 Å². The summed E-state index contributed by atoms with van der Waals surface area (Å²) in [7, 11) is 0. The Morgan fingerprint density at radius 3 is 2.93 bits per heavy atom. The van der Waals surface area contributed by atoms with Crippen molar-refractivity contribution in [3.63, 3.8) is 0 Å². The highest BCUT2D eigenvalue weighted by molar-refractivity contribution is 6.06. The van der Waals surface area contributed by atoms with E-state index in [0.29, 0.717) is 23.7 Å². The Labute approximate surface area is 87.3 Å². The fraction of sp³-hybridized carbons (Fsp3) is 0.182. The first-order valence-electron chi connectivity index (χ1n) is 4.72.